The molecule has 1 fully saturated rings. The number of anilines is 2. The van der Waals surface area contributed by atoms with Gasteiger partial charge in [-0.25, -0.2) is 0 Å². The third-order valence-electron chi connectivity index (χ3n) is 2.36. The highest BCUT2D eigenvalue weighted by molar-refractivity contribution is 5.37. The average Bonchev–Trinajstić information content (AvgIpc) is 2.30. The Morgan fingerprint density at radius 2 is 2.00 bits per heavy atom. The summed E-state index contributed by atoms with van der Waals surface area (Å²) in [5, 5.41) is 3.11. The number of hydrogen-bond donors (Lipinski definition) is 1. The van der Waals surface area contributed by atoms with E-state index in [2.05, 4.69) is 25.2 Å². The number of hydrogen-bond acceptors (Lipinski definition) is 6. The summed E-state index contributed by atoms with van der Waals surface area (Å²) in [5.74, 6) is 2.13. The van der Waals surface area contributed by atoms with E-state index in [1.807, 2.05) is 13.8 Å². The number of nitrogens with zero attached hydrogens (tertiary/aromatic N) is 4. The first-order valence-electron chi connectivity index (χ1n) is 5.59. The van der Waals surface area contributed by atoms with Gasteiger partial charge < -0.3 is 15.0 Å². The molecule has 1 aromatic rings. The molecular formula is C10H17N5O. The number of aromatic nitrogens is 3. The Hall–Kier alpha value is -1.43. The van der Waals surface area contributed by atoms with Gasteiger partial charge in [0.1, 0.15) is 5.82 Å². The summed E-state index contributed by atoms with van der Waals surface area (Å²) in [6.07, 6.45) is 0. The van der Waals surface area contributed by atoms with E-state index in [9.17, 15) is 0 Å². The van der Waals surface area contributed by atoms with Crippen LogP contribution >= 0.6 is 0 Å². The van der Waals surface area contributed by atoms with E-state index in [4.69, 9.17) is 4.74 Å². The minimum absolute atomic E-state index is 0.650. The van der Waals surface area contributed by atoms with Gasteiger partial charge in [-0.2, -0.15) is 15.0 Å². The summed E-state index contributed by atoms with van der Waals surface area (Å²) in [4.78, 5) is 15.1. The van der Waals surface area contributed by atoms with Gasteiger partial charge in [-0.05, 0) is 13.8 Å². The van der Waals surface area contributed by atoms with Crippen molar-refractivity contribution in [1.29, 1.82) is 0 Å². The lowest BCUT2D eigenvalue weighted by molar-refractivity contribution is 0.122. The van der Waals surface area contributed by atoms with E-state index in [0.29, 0.717) is 5.95 Å². The summed E-state index contributed by atoms with van der Waals surface area (Å²) >= 11 is 0. The molecule has 1 N–H and O–H groups in total. The van der Waals surface area contributed by atoms with Crippen LogP contribution < -0.4 is 10.2 Å². The van der Waals surface area contributed by atoms with Gasteiger partial charge in [-0.15, -0.1) is 0 Å². The van der Waals surface area contributed by atoms with Crippen molar-refractivity contribution < 1.29 is 4.74 Å². The number of ether oxygens (including phenoxy) is 1. The fraction of sp³-hybridized carbons (Fsp3) is 0.700. The Kier molecular flexibility index (Phi) is 3.51. The lowest BCUT2D eigenvalue weighted by Gasteiger charge is -2.26. The van der Waals surface area contributed by atoms with E-state index >= 15 is 0 Å². The Balaban J connectivity index is 2.18. The van der Waals surface area contributed by atoms with Gasteiger partial charge in [0.15, 0.2) is 0 Å². The molecule has 0 unspecified atom stereocenters. The van der Waals surface area contributed by atoms with E-state index in [1.165, 1.54) is 0 Å². The van der Waals surface area contributed by atoms with Crippen LogP contribution in [0.2, 0.25) is 0 Å². The van der Waals surface area contributed by atoms with Gasteiger partial charge >= 0.3 is 0 Å². The summed E-state index contributed by atoms with van der Waals surface area (Å²) in [6.45, 7) is 7.87. The summed E-state index contributed by atoms with van der Waals surface area (Å²) in [5.41, 5.74) is 0. The average molecular weight is 223 g/mol. The van der Waals surface area contributed by atoms with E-state index in [0.717, 1.165) is 44.6 Å². The molecule has 16 heavy (non-hydrogen) atoms. The minimum Gasteiger partial charge on any atom is -0.378 e. The molecular weight excluding hydrogens is 206 g/mol. The van der Waals surface area contributed by atoms with Crippen LogP contribution in [0.1, 0.15) is 12.7 Å². The largest absolute Gasteiger partial charge is 0.378 e. The molecule has 2 heterocycles. The molecule has 0 aliphatic carbocycles. The van der Waals surface area contributed by atoms with Gasteiger partial charge in [0.05, 0.1) is 13.2 Å². The molecule has 0 saturated carbocycles. The molecule has 1 aliphatic heterocycles. The van der Waals surface area contributed by atoms with Crippen LogP contribution in [0.25, 0.3) is 0 Å². The normalized spacial score (nSPS) is 16.2. The lowest BCUT2D eigenvalue weighted by atomic mass is 10.4. The minimum atomic E-state index is 0.650. The maximum absolute atomic E-state index is 5.30. The maximum atomic E-state index is 5.30. The van der Waals surface area contributed by atoms with Gasteiger partial charge in [-0.3, -0.25) is 0 Å². The first kappa shape index (κ1) is 11.1. The van der Waals surface area contributed by atoms with E-state index in [-0.39, 0.29) is 0 Å². The van der Waals surface area contributed by atoms with Crippen LogP contribution in [0.4, 0.5) is 11.9 Å². The molecule has 0 radical (unpaired) electrons. The molecule has 6 nitrogen and oxygen atoms in total. The Labute approximate surface area is 95.1 Å². The van der Waals surface area contributed by atoms with Crippen LogP contribution in [0, 0.1) is 6.92 Å². The standard InChI is InChI=1S/C10H17N5O/c1-3-11-9-12-8(2)13-10(14-9)15-4-6-16-7-5-15/h3-7H2,1-2H3,(H,11,12,13,14). The maximum Gasteiger partial charge on any atom is 0.230 e. The third-order valence-corrected chi connectivity index (χ3v) is 2.36. The lowest BCUT2D eigenvalue weighted by Crippen LogP contribution is -2.37. The van der Waals surface area contributed by atoms with Crippen LogP contribution in [0.3, 0.4) is 0 Å². The first-order chi connectivity index (χ1) is 7.79. The summed E-state index contributed by atoms with van der Waals surface area (Å²) < 4.78 is 5.30. The highest BCUT2D eigenvalue weighted by Crippen LogP contribution is 2.11. The van der Waals surface area contributed by atoms with Gasteiger partial charge in [-0.1, -0.05) is 0 Å². The first-order valence-corrected chi connectivity index (χ1v) is 5.59. The smallest absolute Gasteiger partial charge is 0.230 e. The summed E-state index contributed by atoms with van der Waals surface area (Å²) in [6, 6.07) is 0. The molecule has 88 valence electrons. The van der Waals surface area contributed by atoms with Crippen LogP contribution in [0.5, 0.6) is 0 Å². The van der Waals surface area contributed by atoms with Crippen molar-refractivity contribution in [2.24, 2.45) is 0 Å². The number of nitrogens with one attached hydrogen (secondary N) is 1. The van der Waals surface area contributed by atoms with Crippen LogP contribution in [0.15, 0.2) is 0 Å². The highest BCUT2D eigenvalue weighted by atomic mass is 16.5. The van der Waals surface area contributed by atoms with Crippen molar-refractivity contribution in [1.82, 2.24) is 15.0 Å². The second-order valence-electron chi connectivity index (χ2n) is 3.64. The van der Waals surface area contributed by atoms with Gasteiger partial charge in [0.2, 0.25) is 11.9 Å². The van der Waals surface area contributed by atoms with Crippen LogP contribution in [-0.4, -0.2) is 47.8 Å². The van der Waals surface area contributed by atoms with Gasteiger partial charge in [0.25, 0.3) is 0 Å². The van der Waals surface area contributed by atoms with Crippen molar-refractivity contribution in [3.8, 4) is 0 Å². The molecule has 0 amide bonds. The van der Waals surface area contributed by atoms with Crippen molar-refractivity contribution in [2.45, 2.75) is 13.8 Å². The molecule has 0 spiro atoms. The van der Waals surface area contributed by atoms with Gasteiger partial charge in [0, 0.05) is 19.6 Å². The fourth-order valence-corrected chi connectivity index (χ4v) is 1.61. The molecule has 0 bridgehead atoms. The zero-order valence-electron chi connectivity index (χ0n) is 9.73. The molecule has 1 aliphatic rings. The van der Waals surface area contributed by atoms with Crippen molar-refractivity contribution >= 4 is 11.9 Å². The van der Waals surface area contributed by atoms with Crippen molar-refractivity contribution in [3.63, 3.8) is 0 Å². The fourth-order valence-electron chi connectivity index (χ4n) is 1.61. The quantitative estimate of drug-likeness (QED) is 0.802. The monoisotopic (exact) mass is 223 g/mol. The molecule has 1 aromatic heterocycles. The second-order valence-corrected chi connectivity index (χ2v) is 3.64. The Morgan fingerprint density at radius 3 is 2.69 bits per heavy atom. The third kappa shape index (κ3) is 2.57. The number of rotatable bonds is 3. The SMILES string of the molecule is CCNc1nc(C)nc(N2CCOCC2)n1. The van der Waals surface area contributed by atoms with E-state index in [1.54, 1.807) is 0 Å². The molecule has 0 aromatic carbocycles. The molecule has 2 rings (SSSR count). The zero-order chi connectivity index (χ0) is 11.4. The summed E-state index contributed by atoms with van der Waals surface area (Å²) in [7, 11) is 0. The zero-order valence-corrected chi connectivity index (χ0v) is 9.73. The van der Waals surface area contributed by atoms with Crippen LogP contribution in [-0.2, 0) is 4.74 Å². The molecule has 6 heteroatoms. The van der Waals surface area contributed by atoms with Crippen molar-refractivity contribution in [3.05, 3.63) is 5.82 Å². The molecule has 1 saturated heterocycles. The topological polar surface area (TPSA) is 63.2 Å². The number of morpholine rings is 1. The molecule has 0 atom stereocenters. The second kappa shape index (κ2) is 5.07. The van der Waals surface area contributed by atoms with Crippen molar-refractivity contribution in [2.75, 3.05) is 43.1 Å². The predicted molar refractivity (Wildman–Crippen MR) is 61.8 cm³/mol. The van der Waals surface area contributed by atoms with E-state index < -0.39 is 0 Å². The number of aryl methyl sites for hydroxylation is 1. The highest BCUT2D eigenvalue weighted by Gasteiger charge is 2.15. The Bertz CT molecular complexity index is 351. The predicted octanol–water partition coefficient (Wildman–Crippen LogP) is 0.448. The Morgan fingerprint density at radius 1 is 1.25 bits per heavy atom.